The second-order valence-corrected chi connectivity index (χ2v) is 10.4. The molecule has 0 aliphatic carbocycles. The maximum Gasteiger partial charge on any atom is 0.416 e. The maximum absolute atomic E-state index is 13.5. The Kier molecular flexibility index (Phi) is 7.53. The molecule has 0 spiro atoms. The number of likely N-dealkylation sites (tertiary alicyclic amines) is 1. The van der Waals surface area contributed by atoms with Gasteiger partial charge in [-0.1, -0.05) is 30.3 Å². The molecule has 0 unspecified atom stereocenters. The summed E-state index contributed by atoms with van der Waals surface area (Å²) in [5.41, 5.74) is 6.62. The largest absolute Gasteiger partial charge is 0.416 e. The Morgan fingerprint density at radius 3 is 2.41 bits per heavy atom. The first kappa shape index (κ1) is 27.0. The molecule has 4 N–H and O–H groups in total. The number of nitrogens with one attached hydrogen (secondary N) is 2. The van der Waals surface area contributed by atoms with Gasteiger partial charge in [-0.25, -0.2) is 0 Å². The molecule has 2 aromatic rings. The van der Waals surface area contributed by atoms with Gasteiger partial charge in [-0.3, -0.25) is 14.4 Å². The third-order valence-electron chi connectivity index (χ3n) is 8.00. The molecule has 2 aromatic carbocycles. The molecule has 39 heavy (non-hydrogen) atoms. The van der Waals surface area contributed by atoms with E-state index in [2.05, 4.69) is 10.6 Å². The molecule has 0 radical (unpaired) electrons. The summed E-state index contributed by atoms with van der Waals surface area (Å²) in [6.45, 7) is 0.606. The van der Waals surface area contributed by atoms with Gasteiger partial charge in [0.2, 0.25) is 5.91 Å². The number of carbonyl (C=O) groups is 3. The van der Waals surface area contributed by atoms with E-state index in [9.17, 15) is 27.6 Å². The molecule has 8 nitrogen and oxygen atoms in total. The number of anilines is 1. The predicted octanol–water partition coefficient (Wildman–Crippen LogP) is 3.55. The average Bonchev–Trinajstić information content (AvgIpc) is 2.94. The summed E-state index contributed by atoms with van der Waals surface area (Å²) in [5.74, 6) is -2.28. The van der Waals surface area contributed by atoms with Gasteiger partial charge in [0.25, 0.3) is 0 Å². The van der Waals surface area contributed by atoms with E-state index in [0.29, 0.717) is 36.9 Å². The molecule has 11 heteroatoms. The van der Waals surface area contributed by atoms with Gasteiger partial charge >= 0.3 is 18.0 Å². The van der Waals surface area contributed by atoms with Crippen LogP contribution in [-0.2, 0) is 25.3 Å². The van der Waals surface area contributed by atoms with Crippen LogP contribution in [0, 0.1) is 11.8 Å². The van der Waals surface area contributed by atoms with Crippen LogP contribution in [0.15, 0.2) is 48.5 Å². The lowest BCUT2D eigenvalue weighted by molar-refractivity contribution is -0.148. The van der Waals surface area contributed by atoms with Gasteiger partial charge in [-0.15, -0.1) is 0 Å². The fraction of sp³-hybridized carbons (Fsp3) is 0.464. The van der Waals surface area contributed by atoms with Gasteiger partial charge < -0.3 is 26.0 Å². The van der Waals surface area contributed by atoms with E-state index in [1.807, 2.05) is 30.3 Å². The minimum absolute atomic E-state index is 0.0588. The molecular formula is C28H31F3N4O4. The molecule has 3 aliphatic heterocycles. The summed E-state index contributed by atoms with van der Waals surface area (Å²) in [5, 5.41) is 6.06. The second-order valence-electron chi connectivity index (χ2n) is 10.4. The van der Waals surface area contributed by atoms with Crippen molar-refractivity contribution in [2.24, 2.45) is 17.6 Å². The second kappa shape index (κ2) is 10.9. The standard InChI is InChI=1S/C28H31F3N4O4/c29-28(30,31)18-6-9-22-21(14-18)24-20(23(34-22)16-4-2-1-3-5-16)8-7-19(39-24)15-33-26(37)27(38)35-12-10-17(11-13-35)25(32)36/h1-6,9,14,17,19-20,23-24,34H,7-8,10-13,15H2,(H2,32,36)(H,33,37)/t19-,20+,23+,24+/m1/s1. The van der Waals surface area contributed by atoms with Crippen molar-refractivity contribution in [3.63, 3.8) is 0 Å². The number of fused-ring (bicyclic) bond motifs is 3. The van der Waals surface area contributed by atoms with E-state index in [1.54, 1.807) is 0 Å². The normalized spacial score (nSPS) is 25.2. The number of carbonyl (C=O) groups excluding carboxylic acids is 3. The van der Waals surface area contributed by atoms with E-state index >= 15 is 0 Å². The van der Waals surface area contributed by atoms with Gasteiger partial charge in [0.15, 0.2) is 0 Å². The van der Waals surface area contributed by atoms with Crippen molar-refractivity contribution in [3.8, 4) is 0 Å². The van der Waals surface area contributed by atoms with Crippen molar-refractivity contribution in [1.82, 2.24) is 10.2 Å². The van der Waals surface area contributed by atoms with Crippen LogP contribution in [0.5, 0.6) is 0 Å². The smallest absolute Gasteiger partial charge is 0.378 e. The van der Waals surface area contributed by atoms with Crippen LogP contribution < -0.4 is 16.4 Å². The number of rotatable bonds is 4. The Morgan fingerprint density at radius 2 is 1.74 bits per heavy atom. The number of ether oxygens (including phenoxy) is 1. The number of hydrogen-bond acceptors (Lipinski definition) is 5. The summed E-state index contributed by atoms with van der Waals surface area (Å²) in [4.78, 5) is 38.0. The highest BCUT2D eigenvalue weighted by Gasteiger charge is 2.44. The van der Waals surface area contributed by atoms with E-state index in [1.165, 1.54) is 11.0 Å². The summed E-state index contributed by atoms with van der Waals surface area (Å²) in [6.07, 6.45) is -3.53. The van der Waals surface area contributed by atoms with E-state index in [4.69, 9.17) is 10.5 Å². The van der Waals surface area contributed by atoms with Crippen molar-refractivity contribution in [2.75, 3.05) is 25.0 Å². The molecule has 0 bridgehead atoms. The van der Waals surface area contributed by atoms with E-state index < -0.39 is 41.7 Å². The monoisotopic (exact) mass is 544 g/mol. The first-order valence-electron chi connectivity index (χ1n) is 13.2. The summed E-state index contributed by atoms with van der Waals surface area (Å²) in [6, 6.07) is 13.2. The van der Waals surface area contributed by atoms with Crippen molar-refractivity contribution < 1.29 is 32.3 Å². The first-order chi connectivity index (χ1) is 18.6. The molecule has 0 aromatic heterocycles. The lowest BCUT2D eigenvalue weighted by Crippen LogP contribution is -2.49. The summed E-state index contributed by atoms with van der Waals surface area (Å²) >= 11 is 0. The number of nitrogens with zero attached hydrogens (tertiary/aromatic N) is 1. The van der Waals surface area contributed by atoms with Crippen LogP contribution in [0.3, 0.4) is 0 Å². The van der Waals surface area contributed by atoms with Crippen molar-refractivity contribution in [3.05, 3.63) is 65.2 Å². The quantitative estimate of drug-likeness (QED) is 0.510. The minimum Gasteiger partial charge on any atom is -0.378 e. The van der Waals surface area contributed by atoms with Gasteiger partial charge in [0.05, 0.1) is 23.8 Å². The third-order valence-corrected chi connectivity index (χ3v) is 8.00. The minimum atomic E-state index is -4.49. The van der Waals surface area contributed by atoms with Crippen LogP contribution in [0.2, 0.25) is 0 Å². The fourth-order valence-electron chi connectivity index (χ4n) is 5.87. The zero-order valence-electron chi connectivity index (χ0n) is 21.2. The lowest BCUT2D eigenvalue weighted by Gasteiger charge is -2.46. The predicted molar refractivity (Wildman–Crippen MR) is 136 cm³/mol. The molecule has 3 amide bonds. The molecule has 3 heterocycles. The Hall–Kier alpha value is -3.60. The summed E-state index contributed by atoms with van der Waals surface area (Å²) in [7, 11) is 0. The molecule has 2 fully saturated rings. The van der Waals surface area contributed by atoms with Crippen LogP contribution in [0.25, 0.3) is 0 Å². The van der Waals surface area contributed by atoms with Crippen molar-refractivity contribution >= 4 is 23.4 Å². The van der Waals surface area contributed by atoms with Gasteiger partial charge in [0, 0.05) is 42.7 Å². The van der Waals surface area contributed by atoms with Crippen molar-refractivity contribution in [2.45, 2.75) is 50.1 Å². The highest BCUT2D eigenvalue weighted by Crippen LogP contribution is 2.51. The molecular weight excluding hydrogens is 513 g/mol. The number of alkyl halides is 3. The van der Waals surface area contributed by atoms with Crippen LogP contribution in [0.1, 0.15) is 54.5 Å². The summed E-state index contributed by atoms with van der Waals surface area (Å²) < 4.78 is 47.0. The fourth-order valence-corrected chi connectivity index (χ4v) is 5.87. The Labute approximate surface area is 224 Å². The first-order valence-corrected chi connectivity index (χ1v) is 13.2. The molecule has 208 valence electrons. The number of amides is 3. The van der Waals surface area contributed by atoms with Gasteiger partial charge in [0.1, 0.15) is 0 Å². The van der Waals surface area contributed by atoms with E-state index in [-0.39, 0.29) is 37.5 Å². The molecule has 4 atom stereocenters. The highest BCUT2D eigenvalue weighted by molar-refractivity contribution is 6.35. The van der Waals surface area contributed by atoms with Crippen molar-refractivity contribution in [1.29, 1.82) is 0 Å². The highest BCUT2D eigenvalue weighted by atomic mass is 19.4. The average molecular weight is 545 g/mol. The topological polar surface area (TPSA) is 114 Å². The van der Waals surface area contributed by atoms with E-state index in [0.717, 1.165) is 17.7 Å². The lowest BCUT2D eigenvalue weighted by atomic mass is 9.76. The SMILES string of the molecule is NC(=O)C1CCN(C(=O)C(=O)NC[C@H]2CC[C@@H]3[C@H](O2)c2cc(C(F)(F)F)ccc2N[C@H]3c2ccccc2)CC1. The van der Waals surface area contributed by atoms with Gasteiger partial charge in [-0.2, -0.15) is 13.2 Å². The Balaban J connectivity index is 1.28. The van der Waals surface area contributed by atoms with Gasteiger partial charge in [-0.05, 0) is 49.4 Å². The van der Waals surface area contributed by atoms with Crippen LogP contribution in [-0.4, -0.2) is 48.4 Å². The number of primary amides is 1. The number of benzene rings is 2. The molecule has 3 aliphatic rings. The maximum atomic E-state index is 13.5. The van der Waals surface area contributed by atoms with Crippen LogP contribution >= 0.6 is 0 Å². The third kappa shape index (κ3) is 5.73. The Bertz CT molecular complexity index is 1230. The zero-order valence-corrected chi connectivity index (χ0v) is 21.2. The number of hydrogen-bond donors (Lipinski definition) is 3. The molecule has 2 saturated heterocycles. The zero-order chi connectivity index (χ0) is 27.7. The van der Waals surface area contributed by atoms with Crippen LogP contribution in [0.4, 0.5) is 18.9 Å². The number of piperidine rings is 1. The number of halogens is 3. The Morgan fingerprint density at radius 1 is 1.03 bits per heavy atom. The molecule has 0 saturated carbocycles. The molecule has 5 rings (SSSR count). The number of nitrogens with two attached hydrogens (primary N) is 1.